The van der Waals surface area contributed by atoms with Gasteiger partial charge in [-0.1, -0.05) is 35.4 Å². The Hall–Kier alpha value is -3.94. The molecule has 3 amide bonds. The molecule has 0 aliphatic rings. The maximum atomic E-state index is 11.8. The number of aromatic hydroxyl groups is 1. The van der Waals surface area contributed by atoms with E-state index in [1.54, 1.807) is 55.6 Å². The molecule has 1 heterocycles. The topological polar surface area (TPSA) is 116 Å². The molecule has 0 unspecified atom stereocenters. The highest BCUT2D eigenvalue weighted by molar-refractivity contribution is 6.02. The molecule has 0 atom stereocenters. The van der Waals surface area contributed by atoms with E-state index in [9.17, 15) is 14.7 Å². The maximum Gasteiger partial charge on any atom is 0.366 e. The van der Waals surface area contributed by atoms with Gasteiger partial charge in [-0.2, -0.15) is 0 Å². The van der Waals surface area contributed by atoms with E-state index >= 15 is 0 Å². The van der Waals surface area contributed by atoms with Crippen LogP contribution in [0.2, 0.25) is 0 Å². The van der Waals surface area contributed by atoms with Gasteiger partial charge in [-0.25, -0.2) is 4.79 Å². The van der Waals surface area contributed by atoms with E-state index in [-0.39, 0.29) is 11.6 Å². The number of para-hydroxylation sites is 1. The number of urea groups is 1. The Balaban J connectivity index is 1.64. The van der Waals surface area contributed by atoms with Crippen molar-refractivity contribution in [2.75, 3.05) is 7.11 Å². The van der Waals surface area contributed by atoms with Crippen LogP contribution in [0.15, 0.2) is 64.8 Å². The number of hydrogen-bond donors (Lipinski definition) is 3. The predicted molar refractivity (Wildman–Crippen MR) is 100 cm³/mol. The molecule has 0 radical (unpaired) electrons. The molecule has 1 aromatic heterocycles. The lowest BCUT2D eigenvalue weighted by Crippen LogP contribution is -2.25. The predicted octanol–water partition coefficient (Wildman–Crippen LogP) is 3.92. The molecule has 0 aliphatic heterocycles. The number of imide groups is 1. The van der Waals surface area contributed by atoms with Crippen molar-refractivity contribution in [1.29, 1.82) is 0 Å². The smallest absolute Gasteiger partial charge is 0.366 e. The number of benzene rings is 2. The van der Waals surface area contributed by atoms with E-state index < -0.39 is 11.9 Å². The molecular formula is C19H16N4O4. The molecule has 0 fully saturated rings. The summed E-state index contributed by atoms with van der Waals surface area (Å²) in [5, 5.41) is 19.7. The van der Waals surface area contributed by atoms with Crippen molar-refractivity contribution in [3.05, 3.63) is 60.2 Å². The molecule has 2 aromatic carbocycles. The van der Waals surface area contributed by atoms with Gasteiger partial charge in [0.2, 0.25) is 5.88 Å². The van der Waals surface area contributed by atoms with E-state index in [4.69, 9.17) is 4.74 Å². The second kappa shape index (κ2) is 7.96. The minimum atomic E-state index is -0.944. The molecule has 0 bridgehead atoms. The van der Waals surface area contributed by atoms with Gasteiger partial charge in [0.25, 0.3) is 5.91 Å². The van der Waals surface area contributed by atoms with Gasteiger partial charge >= 0.3 is 6.03 Å². The van der Waals surface area contributed by atoms with Crippen molar-refractivity contribution < 1.29 is 19.4 Å². The minimum Gasteiger partial charge on any atom is -0.497 e. The number of nitrogens with one attached hydrogen (secondary N) is 2. The number of fused-ring (bicyclic) bond motifs is 1. The van der Waals surface area contributed by atoms with Gasteiger partial charge in [-0.05, 0) is 29.8 Å². The fraction of sp³-hybridized carbons (Fsp3) is 0.0526. The molecule has 3 N–H and O–H groups in total. The summed E-state index contributed by atoms with van der Waals surface area (Å²) in [4.78, 5) is 26.3. The zero-order valence-corrected chi connectivity index (χ0v) is 14.3. The van der Waals surface area contributed by atoms with Crippen molar-refractivity contribution in [1.82, 2.24) is 10.3 Å². The van der Waals surface area contributed by atoms with E-state index in [0.717, 1.165) is 5.56 Å². The highest BCUT2D eigenvalue weighted by Crippen LogP contribution is 2.35. The average Bonchev–Trinajstić information content (AvgIpc) is 3.00. The lowest BCUT2D eigenvalue weighted by molar-refractivity contribution is -0.115. The molecule has 3 rings (SSSR count). The highest BCUT2D eigenvalue weighted by Gasteiger charge is 2.10. The Labute approximate surface area is 154 Å². The van der Waals surface area contributed by atoms with Crippen LogP contribution in [0.25, 0.3) is 17.0 Å². The number of H-pyrrole nitrogens is 1. The summed E-state index contributed by atoms with van der Waals surface area (Å²) >= 11 is 0. The molecule has 0 aliphatic carbocycles. The summed E-state index contributed by atoms with van der Waals surface area (Å²) < 4.78 is 5.09. The molecule has 0 saturated carbocycles. The van der Waals surface area contributed by atoms with Gasteiger partial charge in [0.1, 0.15) is 5.75 Å². The molecule has 8 nitrogen and oxygen atoms in total. The molecular weight excluding hydrogens is 348 g/mol. The van der Waals surface area contributed by atoms with Crippen LogP contribution in [0.1, 0.15) is 5.56 Å². The second-order valence-electron chi connectivity index (χ2n) is 5.47. The number of nitrogens with zero attached hydrogens (tertiary/aromatic N) is 2. The number of hydrogen-bond acceptors (Lipinski definition) is 5. The molecule has 0 spiro atoms. The summed E-state index contributed by atoms with van der Waals surface area (Å²) in [5.41, 5.74) is 1.52. The number of ether oxygens (including phenoxy) is 1. The largest absolute Gasteiger partial charge is 0.497 e. The van der Waals surface area contributed by atoms with Crippen LogP contribution in [0, 0.1) is 0 Å². The maximum absolute atomic E-state index is 11.8. The Morgan fingerprint density at radius 2 is 2.00 bits per heavy atom. The first-order valence-corrected chi connectivity index (χ1v) is 7.95. The van der Waals surface area contributed by atoms with Crippen LogP contribution in [-0.4, -0.2) is 29.1 Å². The van der Waals surface area contributed by atoms with Gasteiger partial charge in [0.15, 0.2) is 5.69 Å². The molecule has 136 valence electrons. The van der Waals surface area contributed by atoms with Crippen molar-refractivity contribution in [2.24, 2.45) is 10.2 Å². The Morgan fingerprint density at radius 1 is 1.19 bits per heavy atom. The number of azo groups is 1. The number of aromatic nitrogens is 1. The average molecular weight is 364 g/mol. The van der Waals surface area contributed by atoms with Crippen LogP contribution in [0.4, 0.5) is 10.5 Å². The summed E-state index contributed by atoms with van der Waals surface area (Å²) in [6, 6.07) is 13.2. The van der Waals surface area contributed by atoms with Crippen LogP contribution < -0.4 is 10.1 Å². The lowest BCUT2D eigenvalue weighted by atomic mass is 10.2. The zero-order valence-electron chi connectivity index (χ0n) is 14.3. The standard InChI is InChI=1S/C19H16N4O4/c1-27-13-6-4-5-12(11-13)9-10-16(24)21-19(26)23-22-17-14-7-2-3-8-15(14)20-18(17)25/h2-11,20,25H,1H3,(H,21,24,26)/b10-9+,23-22?. The number of carbonyl (C=O) groups is 2. The third-order valence-corrected chi connectivity index (χ3v) is 3.65. The minimum absolute atomic E-state index is 0.125. The molecule has 27 heavy (non-hydrogen) atoms. The SMILES string of the molecule is COc1cccc(/C=C/C(=O)NC(=O)N=Nc2c(O)[nH]c3ccccc23)c1. The van der Waals surface area contributed by atoms with Gasteiger partial charge in [0.05, 0.1) is 12.6 Å². The zero-order chi connectivity index (χ0) is 19.2. The van der Waals surface area contributed by atoms with Gasteiger partial charge in [0, 0.05) is 11.5 Å². The fourth-order valence-corrected chi connectivity index (χ4v) is 2.40. The summed E-state index contributed by atoms with van der Waals surface area (Å²) in [6.07, 6.45) is 2.74. The second-order valence-corrected chi connectivity index (χ2v) is 5.47. The summed E-state index contributed by atoms with van der Waals surface area (Å²) in [5.74, 6) is -0.206. The van der Waals surface area contributed by atoms with Crippen LogP contribution in [0.3, 0.4) is 0 Å². The van der Waals surface area contributed by atoms with E-state index in [1.165, 1.54) is 12.2 Å². The first kappa shape index (κ1) is 17.9. The third-order valence-electron chi connectivity index (χ3n) is 3.65. The number of carbonyl (C=O) groups excluding carboxylic acids is 2. The third kappa shape index (κ3) is 4.37. The van der Waals surface area contributed by atoms with Crippen molar-refractivity contribution in [2.45, 2.75) is 0 Å². The van der Waals surface area contributed by atoms with E-state index in [2.05, 4.69) is 20.5 Å². The lowest BCUT2D eigenvalue weighted by Gasteiger charge is -2.00. The molecule has 0 saturated heterocycles. The number of rotatable bonds is 4. The first-order chi connectivity index (χ1) is 13.1. The van der Waals surface area contributed by atoms with Gasteiger partial charge < -0.3 is 14.8 Å². The van der Waals surface area contributed by atoms with Crippen molar-refractivity contribution in [3.63, 3.8) is 0 Å². The number of aromatic amines is 1. The molecule has 8 heteroatoms. The normalized spacial score (nSPS) is 11.3. The van der Waals surface area contributed by atoms with Crippen molar-refractivity contribution in [3.8, 4) is 11.6 Å². The van der Waals surface area contributed by atoms with Crippen LogP contribution >= 0.6 is 0 Å². The van der Waals surface area contributed by atoms with Gasteiger partial charge in [-0.15, -0.1) is 5.11 Å². The highest BCUT2D eigenvalue weighted by atomic mass is 16.5. The van der Waals surface area contributed by atoms with Gasteiger partial charge in [-0.3, -0.25) is 10.1 Å². The van der Waals surface area contributed by atoms with E-state index in [1.807, 2.05) is 0 Å². The molecule has 3 aromatic rings. The Morgan fingerprint density at radius 3 is 2.81 bits per heavy atom. The fourth-order valence-electron chi connectivity index (χ4n) is 2.40. The first-order valence-electron chi connectivity index (χ1n) is 7.95. The summed E-state index contributed by atoms with van der Waals surface area (Å²) in [6.45, 7) is 0. The monoisotopic (exact) mass is 364 g/mol. The van der Waals surface area contributed by atoms with E-state index in [0.29, 0.717) is 16.7 Å². The van der Waals surface area contributed by atoms with Crippen LogP contribution in [0.5, 0.6) is 11.6 Å². The summed E-state index contributed by atoms with van der Waals surface area (Å²) in [7, 11) is 1.55. The number of methoxy groups -OCH3 is 1. The quantitative estimate of drug-likeness (QED) is 0.480. The number of amides is 3. The Kier molecular flexibility index (Phi) is 5.27. The Bertz CT molecular complexity index is 1050. The van der Waals surface area contributed by atoms with Crippen LogP contribution in [-0.2, 0) is 4.79 Å². The van der Waals surface area contributed by atoms with Crippen molar-refractivity contribution >= 4 is 34.6 Å².